The number of thiophene rings is 1. The predicted octanol–water partition coefficient (Wildman–Crippen LogP) is 4.75. The topological polar surface area (TPSA) is 57.2 Å². The zero-order chi connectivity index (χ0) is 19.6. The number of hydrogen-bond acceptors (Lipinski definition) is 3. The van der Waals surface area contributed by atoms with E-state index in [1.165, 1.54) is 4.88 Å². The summed E-state index contributed by atoms with van der Waals surface area (Å²) >= 11 is 1.76. The lowest BCUT2D eigenvalue weighted by Gasteiger charge is -2.12. The third-order valence-corrected chi connectivity index (χ3v) is 5.99. The Morgan fingerprint density at radius 3 is 2.59 bits per heavy atom. The number of hydrogen-bond donors (Lipinski definition) is 1. The summed E-state index contributed by atoms with van der Waals surface area (Å²) in [6, 6.07) is 10.3. The van der Waals surface area contributed by atoms with Gasteiger partial charge in [0.25, 0.3) is 5.91 Å². The summed E-state index contributed by atoms with van der Waals surface area (Å²) < 4.78 is 7.64. The van der Waals surface area contributed by atoms with Gasteiger partial charge in [0.05, 0.1) is 12.7 Å². The van der Waals surface area contributed by atoms with Gasteiger partial charge in [-0.25, -0.2) is 0 Å². The Morgan fingerprint density at radius 2 is 2.04 bits per heavy atom. The van der Waals surface area contributed by atoms with E-state index in [1.54, 1.807) is 18.4 Å². The van der Waals surface area contributed by atoms with E-state index in [0.717, 1.165) is 53.2 Å². The van der Waals surface area contributed by atoms with Crippen molar-refractivity contribution in [3.8, 4) is 16.9 Å². The maximum absolute atomic E-state index is 12.3. The SMILES string of the molecule is CCc1c(-c2ccc(OC)c(C)c2)c(C(N)=O)c(C)n1CCc1cccs1. The second-order valence-electron chi connectivity index (χ2n) is 6.67. The van der Waals surface area contributed by atoms with Crippen LogP contribution in [0, 0.1) is 13.8 Å². The Labute approximate surface area is 164 Å². The molecule has 0 aliphatic carbocycles. The number of aromatic nitrogens is 1. The number of nitrogens with zero attached hydrogens (tertiary/aromatic N) is 1. The third kappa shape index (κ3) is 3.65. The van der Waals surface area contributed by atoms with E-state index in [9.17, 15) is 4.79 Å². The molecule has 0 unspecified atom stereocenters. The molecule has 0 atom stereocenters. The fourth-order valence-corrected chi connectivity index (χ4v) is 4.49. The van der Waals surface area contributed by atoms with Gasteiger partial charge in [0.2, 0.25) is 0 Å². The molecule has 1 amide bonds. The molecule has 5 heteroatoms. The standard InChI is InChI=1S/C22H26N2O2S/c1-5-18-21(16-8-9-19(26-4)14(2)13-16)20(22(23)25)15(3)24(18)11-10-17-7-6-12-27-17/h6-9,12-13H,5,10-11H2,1-4H3,(H2,23,25). The van der Waals surface area contributed by atoms with E-state index in [4.69, 9.17) is 10.5 Å². The highest BCUT2D eigenvalue weighted by molar-refractivity contribution is 7.09. The number of aryl methyl sites for hydroxylation is 2. The second-order valence-corrected chi connectivity index (χ2v) is 7.70. The average molecular weight is 383 g/mol. The lowest BCUT2D eigenvalue weighted by molar-refractivity contribution is 0.1000. The Hall–Kier alpha value is -2.53. The normalized spacial score (nSPS) is 11.0. The van der Waals surface area contributed by atoms with Gasteiger partial charge >= 0.3 is 0 Å². The number of rotatable bonds is 7. The first-order valence-corrected chi connectivity index (χ1v) is 10.0. The summed E-state index contributed by atoms with van der Waals surface area (Å²) in [4.78, 5) is 13.7. The van der Waals surface area contributed by atoms with Crippen molar-refractivity contribution in [2.75, 3.05) is 7.11 Å². The van der Waals surface area contributed by atoms with Crippen molar-refractivity contribution in [3.63, 3.8) is 0 Å². The molecule has 0 radical (unpaired) electrons. The molecule has 142 valence electrons. The summed E-state index contributed by atoms with van der Waals surface area (Å²) in [6.45, 7) is 6.97. The van der Waals surface area contributed by atoms with E-state index in [1.807, 2.05) is 26.0 Å². The van der Waals surface area contributed by atoms with Gasteiger partial charge in [0, 0.05) is 28.4 Å². The van der Waals surface area contributed by atoms with Gasteiger partial charge in [-0.3, -0.25) is 4.79 Å². The molecule has 2 N–H and O–H groups in total. The largest absolute Gasteiger partial charge is 0.496 e. The zero-order valence-corrected chi connectivity index (χ0v) is 17.2. The van der Waals surface area contributed by atoms with Gasteiger partial charge < -0.3 is 15.0 Å². The summed E-state index contributed by atoms with van der Waals surface area (Å²) in [6.07, 6.45) is 1.78. The predicted molar refractivity (Wildman–Crippen MR) is 112 cm³/mol. The van der Waals surface area contributed by atoms with Crippen molar-refractivity contribution < 1.29 is 9.53 Å². The van der Waals surface area contributed by atoms with E-state index >= 15 is 0 Å². The molecule has 0 spiro atoms. The van der Waals surface area contributed by atoms with E-state index in [0.29, 0.717) is 5.56 Å². The molecule has 3 aromatic rings. The van der Waals surface area contributed by atoms with Crippen LogP contribution in [0.2, 0.25) is 0 Å². The summed E-state index contributed by atoms with van der Waals surface area (Å²) in [7, 11) is 1.67. The highest BCUT2D eigenvalue weighted by Crippen LogP contribution is 2.35. The molecule has 2 aromatic heterocycles. The van der Waals surface area contributed by atoms with Gasteiger partial charge in [-0.1, -0.05) is 19.1 Å². The number of ether oxygens (including phenoxy) is 1. The van der Waals surface area contributed by atoms with E-state index < -0.39 is 0 Å². The molecule has 0 aliphatic heterocycles. The first-order chi connectivity index (χ1) is 13.0. The highest BCUT2D eigenvalue weighted by atomic mass is 32.1. The molecular weight excluding hydrogens is 356 g/mol. The lowest BCUT2D eigenvalue weighted by Crippen LogP contribution is -2.13. The summed E-state index contributed by atoms with van der Waals surface area (Å²) in [5, 5.41) is 2.10. The maximum atomic E-state index is 12.3. The minimum absolute atomic E-state index is 0.374. The molecule has 1 aromatic carbocycles. The van der Waals surface area contributed by atoms with Crippen molar-refractivity contribution in [3.05, 3.63) is 63.1 Å². The van der Waals surface area contributed by atoms with Crippen LogP contribution in [0.1, 0.15) is 39.1 Å². The minimum Gasteiger partial charge on any atom is -0.496 e. The fourth-order valence-electron chi connectivity index (χ4n) is 3.79. The molecule has 0 saturated heterocycles. The Kier molecular flexibility index (Phi) is 5.71. The second kappa shape index (κ2) is 8.01. The van der Waals surface area contributed by atoms with Crippen LogP contribution in [0.25, 0.3) is 11.1 Å². The van der Waals surface area contributed by atoms with Gasteiger partial charge in [0.15, 0.2) is 0 Å². The number of carbonyl (C=O) groups is 1. The van der Waals surface area contributed by atoms with Crippen molar-refractivity contribution in [1.82, 2.24) is 4.57 Å². The van der Waals surface area contributed by atoms with Crippen molar-refractivity contribution in [1.29, 1.82) is 0 Å². The van der Waals surface area contributed by atoms with Gasteiger partial charge in [0.1, 0.15) is 5.75 Å². The molecule has 3 rings (SSSR count). The van der Waals surface area contributed by atoms with E-state index in [-0.39, 0.29) is 5.91 Å². The molecule has 0 saturated carbocycles. The number of carbonyl (C=O) groups excluding carboxylic acids is 1. The van der Waals surface area contributed by atoms with Crippen LogP contribution < -0.4 is 10.5 Å². The number of benzene rings is 1. The monoisotopic (exact) mass is 382 g/mol. The maximum Gasteiger partial charge on any atom is 0.251 e. The molecular formula is C22H26N2O2S. The first kappa shape index (κ1) is 19.2. The lowest BCUT2D eigenvalue weighted by atomic mass is 9.97. The van der Waals surface area contributed by atoms with Gasteiger partial charge in [-0.05, 0) is 61.4 Å². The van der Waals surface area contributed by atoms with Gasteiger partial charge in [-0.2, -0.15) is 0 Å². The molecule has 0 fully saturated rings. The van der Waals surface area contributed by atoms with Crippen LogP contribution in [0.5, 0.6) is 5.75 Å². The van der Waals surface area contributed by atoms with Crippen molar-refractivity contribution >= 4 is 17.2 Å². The molecule has 27 heavy (non-hydrogen) atoms. The van der Waals surface area contributed by atoms with Crippen LogP contribution in [0.4, 0.5) is 0 Å². The fraction of sp³-hybridized carbons (Fsp3) is 0.318. The Bertz CT molecular complexity index is 955. The molecule has 4 nitrogen and oxygen atoms in total. The molecule has 0 aliphatic rings. The van der Waals surface area contributed by atoms with Crippen molar-refractivity contribution in [2.45, 2.75) is 40.2 Å². The van der Waals surface area contributed by atoms with Gasteiger partial charge in [-0.15, -0.1) is 11.3 Å². The van der Waals surface area contributed by atoms with Crippen LogP contribution in [-0.2, 0) is 19.4 Å². The van der Waals surface area contributed by atoms with Crippen LogP contribution in [0.15, 0.2) is 35.7 Å². The minimum atomic E-state index is -0.374. The number of methoxy groups -OCH3 is 1. The number of nitrogens with two attached hydrogens (primary N) is 1. The summed E-state index contributed by atoms with van der Waals surface area (Å²) in [5.41, 5.74) is 11.5. The average Bonchev–Trinajstić information content (AvgIpc) is 3.25. The van der Waals surface area contributed by atoms with E-state index in [2.05, 4.69) is 35.1 Å². The zero-order valence-electron chi connectivity index (χ0n) is 16.3. The van der Waals surface area contributed by atoms with Crippen LogP contribution >= 0.6 is 11.3 Å². The third-order valence-electron chi connectivity index (χ3n) is 5.06. The number of primary amides is 1. The van der Waals surface area contributed by atoms with Crippen LogP contribution in [0.3, 0.4) is 0 Å². The first-order valence-electron chi connectivity index (χ1n) is 9.17. The molecule has 0 bridgehead atoms. The smallest absolute Gasteiger partial charge is 0.251 e. The summed E-state index contributed by atoms with van der Waals surface area (Å²) in [5.74, 6) is 0.465. The van der Waals surface area contributed by atoms with Crippen molar-refractivity contribution in [2.24, 2.45) is 5.73 Å². The molecule has 2 heterocycles. The Morgan fingerprint density at radius 1 is 1.26 bits per heavy atom. The highest BCUT2D eigenvalue weighted by Gasteiger charge is 2.24. The van der Waals surface area contributed by atoms with Crippen LogP contribution in [-0.4, -0.2) is 17.6 Å². The quantitative estimate of drug-likeness (QED) is 0.641. The Balaban J connectivity index is 2.13. The number of amides is 1.